The highest BCUT2D eigenvalue weighted by molar-refractivity contribution is 5.95. The maximum atomic E-state index is 13.3. The normalized spacial score (nSPS) is 10.3. The van der Waals surface area contributed by atoms with Gasteiger partial charge in [-0.05, 0) is 12.1 Å². The Balaban J connectivity index is 1.80. The third kappa shape index (κ3) is 3.81. The van der Waals surface area contributed by atoms with Crippen molar-refractivity contribution >= 4 is 11.9 Å². The van der Waals surface area contributed by atoms with E-state index in [1.807, 2.05) is 0 Å². The molecule has 0 aliphatic rings. The van der Waals surface area contributed by atoms with Crippen LogP contribution in [0.15, 0.2) is 34.9 Å². The predicted molar refractivity (Wildman–Crippen MR) is 69.9 cm³/mol. The molecule has 0 saturated heterocycles. The highest BCUT2D eigenvalue weighted by atomic mass is 19.1. The minimum absolute atomic E-state index is 0.0265. The van der Waals surface area contributed by atoms with Gasteiger partial charge in [0.25, 0.3) is 5.91 Å². The Labute approximate surface area is 123 Å². The van der Waals surface area contributed by atoms with E-state index in [9.17, 15) is 18.4 Å². The van der Waals surface area contributed by atoms with E-state index in [-0.39, 0.29) is 30.2 Å². The molecule has 1 aromatic heterocycles. The molecule has 0 saturated carbocycles. The zero-order chi connectivity index (χ0) is 16.1. The lowest BCUT2D eigenvalue weighted by molar-refractivity contribution is 0.0695. The van der Waals surface area contributed by atoms with Crippen molar-refractivity contribution in [1.82, 2.24) is 5.32 Å². The molecule has 1 heterocycles. The van der Waals surface area contributed by atoms with Crippen molar-refractivity contribution in [2.75, 3.05) is 13.2 Å². The van der Waals surface area contributed by atoms with Crippen LogP contribution in [0.3, 0.4) is 0 Å². The number of furan rings is 1. The lowest BCUT2D eigenvalue weighted by Crippen LogP contribution is -2.27. The maximum absolute atomic E-state index is 13.3. The molecule has 6 nitrogen and oxygen atoms in total. The van der Waals surface area contributed by atoms with Gasteiger partial charge in [0, 0.05) is 12.1 Å². The summed E-state index contributed by atoms with van der Waals surface area (Å²) in [6, 6.07) is 3.95. The van der Waals surface area contributed by atoms with Crippen molar-refractivity contribution in [3.63, 3.8) is 0 Å². The molecule has 2 rings (SSSR count). The average Bonchev–Trinajstić information content (AvgIpc) is 2.95. The van der Waals surface area contributed by atoms with Gasteiger partial charge in [-0.3, -0.25) is 4.79 Å². The van der Waals surface area contributed by atoms with Crippen LogP contribution in [0.1, 0.15) is 20.9 Å². The van der Waals surface area contributed by atoms with Gasteiger partial charge in [-0.1, -0.05) is 0 Å². The second-order valence-corrected chi connectivity index (χ2v) is 4.18. The molecule has 1 amide bonds. The number of rotatable bonds is 6. The first-order valence-electron chi connectivity index (χ1n) is 6.15. The van der Waals surface area contributed by atoms with E-state index >= 15 is 0 Å². The number of carbonyl (C=O) groups is 2. The van der Waals surface area contributed by atoms with Gasteiger partial charge in [0.1, 0.15) is 18.7 Å². The predicted octanol–water partition coefficient (Wildman–Crippen LogP) is 2.06. The summed E-state index contributed by atoms with van der Waals surface area (Å²) in [6.07, 6.45) is 0.946. The summed E-state index contributed by atoms with van der Waals surface area (Å²) in [5, 5.41) is 11.1. The number of carboxylic acids is 1. The fourth-order valence-corrected chi connectivity index (χ4v) is 1.57. The van der Waals surface area contributed by atoms with Gasteiger partial charge < -0.3 is 19.6 Å². The van der Waals surface area contributed by atoms with E-state index in [0.29, 0.717) is 6.07 Å². The van der Waals surface area contributed by atoms with Crippen molar-refractivity contribution in [2.45, 2.75) is 0 Å². The molecule has 116 valence electrons. The zero-order valence-electron chi connectivity index (χ0n) is 11.1. The van der Waals surface area contributed by atoms with Gasteiger partial charge in [-0.25, -0.2) is 13.6 Å². The lowest BCUT2D eigenvalue weighted by Gasteiger charge is -2.07. The van der Waals surface area contributed by atoms with Gasteiger partial charge in [0.05, 0.1) is 12.1 Å². The van der Waals surface area contributed by atoms with E-state index in [1.165, 1.54) is 0 Å². The van der Waals surface area contributed by atoms with Crippen LogP contribution in [0.2, 0.25) is 0 Å². The number of nitrogens with one attached hydrogen (secondary N) is 1. The quantitative estimate of drug-likeness (QED) is 0.797. The van der Waals surface area contributed by atoms with E-state index in [2.05, 4.69) is 5.32 Å². The Kier molecular flexibility index (Phi) is 4.72. The van der Waals surface area contributed by atoms with Crippen LogP contribution in [-0.4, -0.2) is 30.1 Å². The monoisotopic (exact) mass is 311 g/mol. The molecule has 2 N–H and O–H groups in total. The maximum Gasteiger partial charge on any atom is 0.338 e. The van der Waals surface area contributed by atoms with Gasteiger partial charge in [0.2, 0.25) is 0 Å². The van der Waals surface area contributed by atoms with Gasteiger partial charge in [-0.2, -0.15) is 0 Å². The van der Waals surface area contributed by atoms with E-state index in [1.54, 1.807) is 0 Å². The van der Waals surface area contributed by atoms with Crippen LogP contribution in [0.25, 0.3) is 0 Å². The van der Waals surface area contributed by atoms with Crippen molar-refractivity contribution in [2.24, 2.45) is 0 Å². The Hall–Kier alpha value is -2.90. The number of carboxylic acid groups (broad SMARTS) is 1. The van der Waals surface area contributed by atoms with Crippen LogP contribution in [0, 0.1) is 11.6 Å². The fraction of sp³-hybridized carbons (Fsp3) is 0.143. The molecular weight excluding hydrogens is 300 g/mol. The first kappa shape index (κ1) is 15.5. The Morgan fingerprint density at radius 1 is 1.27 bits per heavy atom. The number of hydrogen-bond acceptors (Lipinski definition) is 4. The van der Waals surface area contributed by atoms with E-state index in [4.69, 9.17) is 14.3 Å². The summed E-state index contributed by atoms with van der Waals surface area (Å²) in [6.45, 7) is -0.0282. The fourth-order valence-electron chi connectivity index (χ4n) is 1.57. The Bertz CT molecular complexity index is 698. The van der Waals surface area contributed by atoms with Crippen LogP contribution in [0.5, 0.6) is 5.75 Å². The summed E-state index contributed by atoms with van der Waals surface area (Å²) in [4.78, 5) is 22.3. The number of amides is 1. The third-order valence-electron chi connectivity index (χ3n) is 2.61. The first-order chi connectivity index (χ1) is 10.5. The molecule has 0 aliphatic carbocycles. The second kappa shape index (κ2) is 6.70. The molecule has 0 radical (unpaired) electrons. The van der Waals surface area contributed by atoms with E-state index < -0.39 is 23.5 Å². The smallest absolute Gasteiger partial charge is 0.338 e. The summed E-state index contributed by atoms with van der Waals surface area (Å²) in [5.74, 6) is -3.70. The van der Waals surface area contributed by atoms with Gasteiger partial charge >= 0.3 is 5.97 Å². The molecule has 0 spiro atoms. The molecule has 22 heavy (non-hydrogen) atoms. The minimum atomic E-state index is -1.21. The zero-order valence-corrected chi connectivity index (χ0v) is 11.1. The summed E-state index contributed by atoms with van der Waals surface area (Å²) < 4.78 is 35.8. The van der Waals surface area contributed by atoms with Crippen molar-refractivity contribution in [1.29, 1.82) is 0 Å². The molecule has 0 unspecified atom stereocenters. The van der Waals surface area contributed by atoms with Crippen LogP contribution in [0.4, 0.5) is 8.78 Å². The third-order valence-corrected chi connectivity index (χ3v) is 2.61. The Morgan fingerprint density at radius 2 is 2.05 bits per heavy atom. The van der Waals surface area contributed by atoms with Crippen LogP contribution in [-0.2, 0) is 0 Å². The lowest BCUT2D eigenvalue weighted by atomic mass is 10.3. The standard InChI is InChI=1S/C14H11F2NO5/c15-9-1-2-11(10(16)6-9)21-4-3-17-13(18)12-5-8(7-22-12)14(19)20/h1-2,5-7H,3-4H2,(H,17,18)(H,19,20). The molecule has 8 heteroatoms. The molecule has 0 atom stereocenters. The molecule has 0 bridgehead atoms. The highest BCUT2D eigenvalue weighted by Gasteiger charge is 2.14. The molecule has 1 aromatic carbocycles. The van der Waals surface area contributed by atoms with Crippen molar-refractivity contribution in [3.05, 3.63) is 53.5 Å². The summed E-state index contributed by atoms with van der Waals surface area (Å²) in [5.41, 5.74) is -0.144. The summed E-state index contributed by atoms with van der Waals surface area (Å²) in [7, 11) is 0. The first-order valence-corrected chi connectivity index (χ1v) is 6.15. The largest absolute Gasteiger partial charge is 0.489 e. The van der Waals surface area contributed by atoms with Crippen LogP contribution >= 0.6 is 0 Å². The molecular formula is C14H11F2NO5. The number of benzene rings is 1. The molecule has 2 aromatic rings. The number of aromatic carboxylic acids is 1. The topological polar surface area (TPSA) is 88.8 Å². The number of carbonyl (C=O) groups excluding carboxylic acids is 1. The Morgan fingerprint density at radius 3 is 2.68 bits per heavy atom. The average molecular weight is 311 g/mol. The van der Waals surface area contributed by atoms with E-state index in [0.717, 1.165) is 24.5 Å². The number of hydrogen-bond donors (Lipinski definition) is 2. The summed E-state index contributed by atoms with van der Waals surface area (Å²) >= 11 is 0. The SMILES string of the molecule is O=C(O)c1coc(C(=O)NCCOc2ccc(F)cc2F)c1. The van der Waals surface area contributed by atoms with Crippen molar-refractivity contribution < 1.29 is 32.6 Å². The number of ether oxygens (including phenoxy) is 1. The molecule has 0 aliphatic heterocycles. The van der Waals surface area contributed by atoms with Crippen molar-refractivity contribution in [3.8, 4) is 5.75 Å². The number of halogens is 2. The van der Waals surface area contributed by atoms with Crippen LogP contribution < -0.4 is 10.1 Å². The molecule has 0 fully saturated rings. The minimum Gasteiger partial charge on any atom is -0.489 e. The highest BCUT2D eigenvalue weighted by Crippen LogP contribution is 2.17. The van der Waals surface area contributed by atoms with Gasteiger partial charge in [0.15, 0.2) is 17.3 Å². The second-order valence-electron chi connectivity index (χ2n) is 4.18. The van der Waals surface area contributed by atoms with Gasteiger partial charge in [-0.15, -0.1) is 0 Å².